The molecule has 0 aromatic carbocycles. The Hall–Kier alpha value is -1.94. The molecular weight excluding hydrogens is 1050 g/mol. The molecule has 0 aliphatic carbocycles. The van der Waals surface area contributed by atoms with Crippen LogP contribution in [0, 0.1) is 17.8 Å². The third-order valence-corrected chi connectivity index (χ3v) is 15.9. The number of aliphatic hydroxyl groups is 1. The molecule has 0 radical (unpaired) electrons. The minimum Gasteiger partial charge on any atom is -0.462 e. The number of esters is 4. The molecule has 0 rings (SSSR count). The maximum absolute atomic E-state index is 12.9. The fourth-order valence-corrected chi connectivity index (χ4v) is 10.3. The second-order valence-corrected chi connectivity index (χ2v) is 25.8. The van der Waals surface area contributed by atoms with Crippen LogP contribution in [0.5, 0.6) is 0 Å². The van der Waals surface area contributed by atoms with Gasteiger partial charge in [-0.1, -0.05) is 235 Å². The summed E-state index contributed by atoms with van der Waals surface area (Å²) in [5.41, 5.74) is 0. The first kappa shape index (κ1) is 77.1. The Balaban J connectivity index is 5.24. The van der Waals surface area contributed by atoms with E-state index in [9.17, 15) is 43.2 Å². The molecule has 0 aromatic rings. The van der Waals surface area contributed by atoms with Crippen molar-refractivity contribution in [2.75, 3.05) is 39.6 Å². The molecule has 19 heteroatoms. The van der Waals surface area contributed by atoms with E-state index in [1.165, 1.54) is 83.5 Å². The zero-order valence-corrected chi connectivity index (χ0v) is 52.6. The summed E-state index contributed by atoms with van der Waals surface area (Å²) in [6.07, 6.45) is 31.0. The summed E-state index contributed by atoms with van der Waals surface area (Å²) in [4.78, 5) is 71.9. The molecule has 3 unspecified atom stereocenters. The summed E-state index contributed by atoms with van der Waals surface area (Å²) in [6, 6.07) is 0. The maximum atomic E-state index is 12.9. The minimum absolute atomic E-state index is 0.100. The number of phosphoric acid groups is 2. The number of hydrogen-bond acceptors (Lipinski definition) is 15. The van der Waals surface area contributed by atoms with Gasteiger partial charge in [-0.3, -0.25) is 37.3 Å². The molecule has 17 nitrogen and oxygen atoms in total. The Bertz CT molecular complexity index is 1580. The lowest BCUT2D eigenvalue weighted by atomic mass is 10.00. The largest absolute Gasteiger partial charge is 0.472 e. The van der Waals surface area contributed by atoms with Crippen LogP contribution in [0.3, 0.4) is 0 Å². The van der Waals surface area contributed by atoms with Gasteiger partial charge in [-0.25, -0.2) is 9.13 Å². The summed E-state index contributed by atoms with van der Waals surface area (Å²) in [5.74, 6) is -0.0676. The Kier molecular flexibility index (Phi) is 50.4. The van der Waals surface area contributed by atoms with Gasteiger partial charge >= 0.3 is 39.5 Å². The number of ether oxygens (including phenoxy) is 4. The van der Waals surface area contributed by atoms with Crippen LogP contribution in [0.1, 0.15) is 286 Å². The van der Waals surface area contributed by atoms with Crippen LogP contribution in [-0.4, -0.2) is 96.7 Å². The van der Waals surface area contributed by atoms with Gasteiger partial charge in [0.1, 0.15) is 19.3 Å². The highest BCUT2D eigenvalue weighted by Crippen LogP contribution is 2.45. The van der Waals surface area contributed by atoms with Crippen molar-refractivity contribution < 1.29 is 80.2 Å². The van der Waals surface area contributed by atoms with E-state index in [2.05, 4.69) is 48.5 Å². The Morgan fingerprint density at radius 3 is 0.962 bits per heavy atom. The van der Waals surface area contributed by atoms with Crippen molar-refractivity contribution >= 4 is 39.5 Å². The van der Waals surface area contributed by atoms with Gasteiger partial charge in [0, 0.05) is 25.7 Å². The second-order valence-electron chi connectivity index (χ2n) is 22.9. The number of carbonyl (C=O) groups excluding carboxylic acids is 4. The van der Waals surface area contributed by atoms with Crippen LogP contribution in [-0.2, 0) is 65.4 Å². The molecule has 0 saturated carbocycles. The first-order chi connectivity index (χ1) is 37.8. The van der Waals surface area contributed by atoms with Crippen molar-refractivity contribution in [1.29, 1.82) is 0 Å². The third-order valence-electron chi connectivity index (χ3n) is 14.0. The van der Waals surface area contributed by atoms with Crippen LogP contribution >= 0.6 is 15.6 Å². The molecule has 6 atom stereocenters. The predicted molar refractivity (Wildman–Crippen MR) is 312 cm³/mol. The van der Waals surface area contributed by atoms with Gasteiger partial charge in [0.05, 0.1) is 26.4 Å². The molecule has 0 heterocycles. The first-order valence-electron chi connectivity index (χ1n) is 31.4. The van der Waals surface area contributed by atoms with Gasteiger partial charge in [0.15, 0.2) is 12.2 Å². The number of hydrogen-bond donors (Lipinski definition) is 3. The Morgan fingerprint density at radius 1 is 0.367 bits per heavy atom. The summed E-state index contributed by atoms with van der Waals surface area (Å²) in [7, 11) is -9.88. The lowest BCUT2D eigenvalue weighted by Gasteiger charge is -2.21. The van der Waals surface area contributed by atoms with Gasteiger partial charge in [-0.05, 0) is 43.4 Å². The molecule has 0 saturated heterocycles. The molecule has 468 valence electrons. The van der Waals surface area contributed by atoms with E-state index in [0.29, 0.717) is 37.5 Å². The average Bonchev–Trinajstić information content (AvgIpc) is 3.40. The second kappa shape index (κ2) is 51.7. The zero-order chi connectivity index (χ0) is 58.8. The lowest BCUT2D eigenvalue weighted by Crippen LogP contribution is -2.30. The van der Waals surface area contributed by atoms with Crippen LogP contribution in [0.2, 0.25) is 0 Å². The molecule has 0 amide bonds. The molecule has 0 spiro atoms. The van der Waals surface area contributed by atoms with E-state index in [4.69, 9.17) is 37.0 Å². The highest BCUT2D eigenvalue weighted by atomic mass is 31.2. The van der Waals surface area contributed by atoms with Crippen LogP contribution in [0.4, 0.5) is 0 Å². The molecule has 0 bridgehead atoms. The van der Waals surface area contributed by atoms with E-state index >= 15 is 0 Å². The SMILES string of the molecule is CCCCCCCCCCCCCC(=O)O[C@H](COC(=O)CCCCCCCCC(C)CC)COP(=O)(O)OC[C@@H](O)COP(=O)(O)OC[C@@H](COC(=O)CCCCCCCCC(C)C)OC(=O)CCCCCCCCC(C)C. The summed E-state index contributed by atoms with van der Waals surface area (Å²) in [5, 5.41) is 10.5. The van der Waals surface area contributed by atoms with Crippen molar-refractivity contribution in [1.82, 2.24) is 0 Å². The quantitative estimate of drug-likeness (QED) is 0.0222. The van der Waals surface area contributed by atoms with E-state index < -0.39 is 97.5 Å². The van der Waals surface area contributed by atoms with Crippen molar-refractivity contribution in [2.45, 2.75) is 304 Å². The van der Waals surface area contributed by atoms with E-state index in [1.807, 2.05) is 0 Å². The molecule has 79 heavy (non-hydrogen) atoms. The van der Waals surface area contributed by atoms with Gasteiger partial charge in [-0.15, -0.1) is 0 Å². The summed E-state index contributed by atoms with van der Waals surface area (Å²) in [6.45, 7) is 11.5. The number of carbonyl (C=O) groups is 4. The highest BCUT2D eigenvalue weighted by molar-refractivity contribution is 7.47. The van der Waals surface area contributed by atoms with E-state index in [0.717, 1.165) is 109 Å². The topological polar surface area (TPSA) is 237 Å². The van der Waals surface area contributed by atoms with Gasteiger partial charge in [-0.2, -0.15) is 0 Å². The van der Waals surface area contributed by atoms with Crippen molar-refractivity contribution in [3.05, 3.63) is 0 Å². The first-order valence-corrected chi connectivity index (χ1v) is 34.4. The van der Waals surface area contributed by atoms with Crippen molar-refractivity contribution in [2.24, 2.45) is 17.8 Å². The fourth-order valence-electron chi connectivity index (χ4n) is 8.74. The third kappa shape index (κ3) is 53.8. The predicted octanol–water partition coefficient (Wildman–Crippen LogP) is 15.9. The standard InChI is InChI=1S/C60H116O17P2/c1-8-10-11-12-13-14-15-16-17-29-36-43-59(64)76-55(47-71-58(63)42-35-28-23-20-26-33-40-53(7)9-2)49-74-78(66,67)72-45-54(61)46-73-79(68,69)75-50-56(77-60(65)44-37-30-22-19-25-32-39-52(5)6)48-70-57(62)41-34-27-21-18-24-31-38-51(3)4/h51-56,61H,8-50H2,1-7H3,(H,66,67)(H,68,69)/t53?,54-,55-,56-/m1/s1. The average molecular weight is 1170 g/mol. The van der Waals surface area contributed by atoms with Crippen molar-refractivity contribution in [3.63, 3.8) is 0 Å². The molecule has 0 aliphatic rings. The summed E-state index contributed by atoms with van der Waals surface area (Å²) >= 11 is 0. The molecule has 3 N–H and O–H groups in total. The minimum atomic E-state index is -4.94. The monoisotopic (exact) mass is 1170 g/mol. The number of aliphatic hydroxyl groups excluding tert-OH is 1. The van der Waals surface area contributed by atoms with Crippen LogP contribution in [0.25, 0.3) is 0 Å². The maximum Gasteiger partial charge on any atom is 0.472 e. The van der Waals surface area contributed by atoms with Crippen LogP contribution < -0.4 is 0 Å². The van der Waals surface area contributed by atoms with Gasteiger partial charge < -0.3 is 33.8 Å². The molecule has 0 aliphatic heterocycles. The molecular formula is C60H116O17P2. The van der Waals surface area contributed by atoms with E-state index in [1.54, 1.807) is 0 Å². The van der Waals surface area contributed by atoms with Crippen molar-refractivity contribution in [3.8, 4) is 0 Å². The fraction of sp³-hybridized carbons (Fsp3) is 0.933. The smallest absolute Gasteiger partial charge is 0.462 e. The number of unbranched alkanes of at least 4 members (excludes halogenated alkanes) is 25. The summed E-state index contributed by atoms with van der Waals surface area (Å²) < 4.78 is 67.7. The van der Waals surface area contributed by atoms with Gasteiger partial charge in [0.25, 0.3) is 0 Å². The Morgan fingerprint density at radius 2 is 0.646 bits per heavy atom. The van der Waals surface area contributed by atoms with Gasteiger partial charge in [0.2, 0.25) is 0 Å². The molecule has 0 aromatic heterocycles. The normalized spacial score (nSPS) is 14.8. The lowest BCUT2D eigenvalue weighted by molar-refractivity contribution is -0.161. The van der Waals surface area contributed by atoms with E-state index in [-0.39, 0.29) is 25.7 Å². The highest BCUT2D eigenvalue weighted by Gasteiger charge is 2.30. The molecule has 0 fully saturated rings. The zero-order valence-electron chi connectivity index (χ0n) is 50.8. The van der Waals surface area contributed by atoms with Crippen LogP contribution in [0.15, 0.2) is 0 Å². The number of phosphoric ester groups is 2. The number of rotatable bonds is 58. The Labute approximate surface area is 479 Å².